The fraction of sp³-hybridized carbons (Fsp3) is 0.423. The first-order valence-electron chi connectivity index (χ1n) is 11.6. The summed E-state index contributed by atoms with van der Waals surface area (Å²) in [5.74, 6) is 0.428. The zero-order valence-corrected chi connectivity index (χ0v) is 21.4. The molecule has 0 bridgehead atoms. The minimum atomic E-state index is -0.461. The van der Waals surface area contributed by atoms with Crippen molar-refractivity contribution in [1.82, 2.24) is 15.5 Å². The molecule has 0 aliphatic rings. The molecule has 7 heteroatoms. The monoisotopic (exact) mass is 514 g/mol. The Kier molecular flexibility index (Phi) is 9.52. The molecule has 0 saturated heterocycles. The molecule has 0 aliphatic heterocycles. The zero-order valence-electron chi connectivity index (χ0n) is 19.7. The Morgan fingerprint density at radius 2 is 1.67 bits per heavy atom. The van der Waals surface area contributed by atoms with Crippen molar-refractivity contribution in [2.75, 3.05) is 11.9 Å². The number of unbranched alkanes of at least 4 members (excludes halogenated alkanes) is 2. The van der Waals surface area contributed by atoms with Gasteiger partial charge in [-0.1, -0.05) is 0 Å². The number of nitrogens with one attached hydrogen (secondary N) is 2. The van der Waals surface area contributed by atoms with Crippen LogP contribution in [-0.2, 0) is 11.2 Å². The second kappa shape index (κ2) is 12.6. The molecule has 1 atom stereocenters. The third-order valence-electron chi connectivity index (χ3n) is 5.08. The van der Waals surface area contributed by atoms with Gasteiger partial charge in [0.1, 0.15) is 0 Å². The summed E-state index contributed by atoms with van der Waals surface area (Å²) in [7, 11) is 0. The molecular formula is C26H34N4O2Se. The number of ether oxygens (including phenoxy) is 1. The fourth-order valence-corrected chi connectivity index (χ4v) is 5.31. The van der Waals surface area contributed by atoms with Crippen molar-refractivity contribution < 1.29 is 9.53 Å². The summed E-state index contributed by atoms with van der Waals surface area (Å²) in [4.78, 5) is 11.8. The SMILES string of the molecule is CC(C)(C)OC(=O)NCCCCCC(Cc1nnc(Nc2ccccc2)[se]1)c1ccccc1. The average molecular weight is 514 g/mol. The third kappa shape index (κ3) is 9.40. The van der Waals surface area contributed by atoms with Gasteiger partial charge in [-0.05, 0) is 20.8 Å². The first-order valence-corrected chi connectivity index (χ1v) is 13.3. The van der Waals surface area contributed by atoms with Gasteiger partial charge >= 0.3 is 182 Å². The van der Waals surface area contributed by atoms with E-state index < -0.39 is 5.60 Å². The Hall–Kier alpha value is -2.63. The predicted molar refractivity (Wildman–Crippen MR) is 134 cm³/mol. The van der Waals surface area contributed by atoms with E-state index >= 15 is 0 Å². The molecule has 1 aromatic heterocycles. The number of alkyl carbamates (subject to hydrolysis) is 1. The molecule has 1 unspecified atom stereocenters. The quantitative estimate of drug-likeness (QED) is 0.255. The predicted octanol–water partition coefficient (Wildman–Crippen LogP) is 5.69. The second-order valence-electron chi connectivity index (χ2n) is 9.08. The first kappa shape index (κ1) is 25.0. The van der Waals surface area contributed by atoms with Gasteiger partial charge in [0.2, 0.25) is 0 Å². The summed E-state index contributed by atoms with van der Waals surface area (Å²) in [5.41, 5.74) is 1.94. The van der Waals surface area contributed by atoms with E-state index in [-0.39, 0.29) is 20.6 Å². The number of nitrogens with zero attached hydrogens (tertiary/aromatic N) is 2. The molecule has 0 saturated carbocycles. The molecule has 2 aromatic carbocycles. The van der Waals surface area contributed by atoms with Crippen LogP contribution in [0, 0.1) is 0 Å². The summed E-state index contributed by atoms with van der Waals surface area (Å²) >= 11 is 0.125. The molecule has 0 fully saturated rings. The van der Waals surface area contributed by atoms with Crippen molar-refractivity contribution in [3.63, 3.8) is 0 Å². The van der Waals surface area contributed by atoms with Gasteiger partial charge in [-0.2, -0.15) is 0 Å². The molecule has 33 heavy (non-hydrogen) atoms. The topological polar surface area (TPSA) is 76.1 Å². The summed E-state index contributed by atoms with van der Waals surface area (Å²) in [5, 5.41) is 15.1. The van der Waals surface area contributed by atoms with Crippen LogP contribution < -0.4 is 10.6 Å². The number of para-hydroxylation sites is 1. The average Bonchev–Trinajstić information content (AvgIpc) is 3.22. The zero-order chi connectivity index (χ0) is 23.5. The fourth-order valence-electron chi connectivity index (χ4n) is 3.55. The van der Waals surface area contributed by atoms with Gasteiger partial charge in [-0.25, -0.2) is 0 Å². The van der Waals surface area contributed by atoms with Crippen LogP contribution in [-0.4, -0.2) is 42.9 Å². The Bertz CT molecular complexity index is 971. The number of hydrogen-bond donors (Lipinski definition) is 2. The van der Waals surface area contributed by atoms with Gasteiger partial charge < -0.3 is 0 Å². The summed E-state index contributed by atoms with van der Waals surface area (Å²) in [6.07, 6.45) is 4.79. The van der Waals surface area contributed by atoms with Gasteiger partial charge in [-0.15, -0.1) is 0 Å². The van der Waals surface area contributed by atoms with Crippen LogP contribution in [0.5, 0.6) is 0 Å². The van der Waals surface area contributed by atoms with Crippen LogP contribution in [0.1, 0.15) is 62.5 Å². The Balaban J connectivity index is 1.48. The molecule has 6 nitrogen and oxygen atoms in total. The van der Waals surface area contributed by atoms with Crippen molar-refractivity contribution in [2.45, 2.75) is 64.4 Å². The third-order valence-corrected chi connectivity index (χ3v) is 6.89. The van der Waals surface area contributed by atoms with Crippen molar-refractivity contribution in [1.29, 1.82) is 0 Å². The van der Waals surface area contributed by atoms with E-state index in [0.29, 0.717) is 12.5 Å². The van der Waals surface area contributed by atoms with Crippen molar-refractivity contribution in [3.8, 4) is 0 Å². The summed E-state index contributed by atoms with van der Waals surface area (Å²) in [6, 6.07) is 20.8. The molecule has 1 heterocycles. The molecule has 0 aliphatic carbocycles. The van der Waals surface area contributed by atoms with Crippen LogP contribution in [0.4, 0.5) is 15.2 Å². The summed E-state index contributed by atoms with van der Waals surface area (Å²) in [6.45, 7) is 6.26. The van der Waals surface area contributed by atoms with E-state index in [0.717, 1.165) is 42.5 Å². The van der Waals surface area contributed by atoms with Crippen molar-refractivity contribution in [3.05, 3.63) is 70.8 Å². The summed E-state index contributed by atoms with van der Waals surface area (Å²) < 4.78 is 7.43. The number of carbonyl (C=O) groups excluding carboxylic acids is 1. The number of aromatic nitrogens is 2. The van der Waals surface area contributed by atoms with Crippen LogP contribution in [0.2, 0.25) is 0 Å². The van der Waals surface area contributed by atoms with Crippen LogP contribution in [0.25, 0.3) is 0 Å². The standard InChI is InChI=1S/C26H34N4O2Se/c1-26(2,3)32-25(31)27-18-12-6-9-15-21(20-13-7-4-8-14-20)19-23-29-30-24(33-23)28-22-16-10-5-11-17-22/h4-5,7-8,10-11,13-14,16-17,21H,6,9,12,15,18-19H2,1-3H3,(H,27,31)(H,28,30). The number of rotatable bonds is 11. The van der Waals surface area contributed by atoms with Crippen LogP contribution in [0.3, 0.4) is 0 Å². The van der Waals surface area contributed by atoms with E-state index in [1.54, 1.807) is 0 Å². The van der Waals surface area contributed by atoms with Gasteiger partial charge in [-0.3, -0.25) is 0 Å². The van der Waals surface area contributed by atoms with Gasteiger partial charge in [0.15, 0.2) is 0 Å². The molecule has 3 aromatic rings. The molecular weight excluding hydrogens is 479 g/mol. The minimum absolute atomic E-state index is 0.125. The van der Waals surface area contributed by atoms with Crippen LogP contribution in [0.15, 0.2) is 60.7 Å². The van der Waals surface area contributed by atoms with E-state index in [1.165, 1.54) is 10.1 Å². The number of anilines is 2. The Labute approximate surface area is 202 Å². The Morgan fingerprint density at radius 3 is 2.36 bits per heavy atom. The van der Waals surface area contributed by atoms with Gasteiger partial charge in [0.05, 0.1) is 0 Å². The molecule has 176 valence electrons. The van der Waals surface area contributed by atoms with E-state index in [4.69, 9.17) is 4.74 Å². The molecule has 0 spiro atoms. The van der Waals surface area contributed by atoms with Crippen LogP contribution >= 0.6 is 0 Å². The Morgan fingerprint density at radius 1 is 0.970 bits per heavy atom. The number of hydrogen-bond acceptors (Lipinski definition) is 5. The van der Waals surface area contributed by atoms with Crippen molar-refractivity contribution >= 4 is 31.0 Å². The normalized spacial score (nSPS) is 12.2. The van der Waals surface area contributed by atoms with Gasteiger partial charge in [0, 0.05) is 0 Å². The second-order valence-corrected chi connectivity index (χ2v) is 11.3. The molecule has 1 amide bonds. The van der Waals surface area contributed by atoms with E-state index in [9.17, 15) is 4.79 Å². The van der Waals surface area contributed by atoms with E-state index in [2.05, 4.69) is 51.2 Å². The molecule has 3 rings (SSSR count). The molecule has 2 N–H and O–H groups in total. The van der Waals surface area contributed by atoms with Crippen molar-refractivity contribution in [2.24, 2.45) is 0 Å². The maximum atomic E-state index is 11.8. The van der Waals surface area contributed by atoms with Gasteiger partial charge in [0.25, 0.3) is 0 Å². The number of carbonyl (C=O) groups is 1. The first-order chi connectivity index (χ1) is 15.9. The molecule has 0 radical (unpaired) electrons. The van der Waals surface area contributed by atoms with E-state index in [1.807, 2.05) is 51.1 Å². The number of benzene rings is 2. The maximum absolute atomic E-state index is 11.8. The number of amides is 1.